The molecule has 2 rings (SSSR count). The van der Waals surface area contributed by atoms with Gasteiger partial charge in [-0.05, 0) is 35.8 Å². The molecule has 1 aliphatic carbocycles. The lowest BCUT2D eigenvalue weighted by molar-refractivity contribution is 0.535. The van der Waals surface area contributed by atoms with Crippen LogP contribution in [0, 0.1) is 5.92 Å². The molecule has 0 aliphatic heterocycles. The van der Waals surface area contributed by atoms with E-state index in [4.69, 9.17) is 0 Å². The molecular weight excluding hydrogens is 212 g/mol. The van der Waals surface area contributed by atoms with Crippen LogP contribution in [0.5, 0.6) is 0 Å². The lowest BCUT2D eigenvalue weighted by atomic mass is 10.1. The van der Waals surface area contributed by atoms with E-state index >= 15 is 0 Å². The molecule has 1 aliphatic rings. The van der Waals surface area contributed by atoms with Crippen LogP contribution in [0.1, 0.15) is 37.7 Å². The van der Waals surface area contributed by atoms with Crippen LogP contribution in [0.3, 0.4) is 0 Å². The van der Waals surface area contributed by atoms with Crippen molar-refractivity contribution in [1.82, 2.24) is 0 Å². The van der Waals surface area contributed by atoms with Gasteiger partial charge in [-0.3, -0.25) is 0 Å². The van der Waals surface area contributed by atoms with Crippen LogP contribution < -0.4 is 0 Å². The first-order valence-electron chi connectivity index (χ1n) is 6.57. The minimum absolute atomic E-state index is 1.06. The number of aryl methyl sites for hydroxylation is 1. The monoisotopic (exact) mass is 234 g/mol. The molecular formula is C15H22S. The van der Waals surface area contributed by atoms with Gasteiger partial charge in [0.05, 0.1) is 0 Å². The summed E-state index contributed by atoms with van der Waals surface area (Å²) in [6.07, 6.45) is 8.66. The van der Waals surface area contributed by atoms with Crippen molar-refractivity contribution in [2.24, 2.45) is 5.92 Å². The van der Waals surface area contributed by atoms with Crippen LogP contribution in [0.4, 0.5) is 0 Å². The van der Waals surface area contributed by atoms with Crippen molar-refractivity contribution in [3.63, 3.8) is 0 Å². The summed E-state index contributed by atoms with van der Waals surface area (Å²) in [6.45, 7) is 0. The second-order valence-corrected chi connectivity index (χ2v) is 6.01. The van der Waals surface area contributed by atoms with E-state index in [0.29, 0.717) is 0 Å². The lowest BCUT2D eigenvalue weighted by Crippen LogP contribution is -1.96. The van der Waals surface area contributed by atoms with Crippen LogP contribution in [0.25, 0.3) is 0 Å². The quantitative estimate of drug-likeness (QED) is 0.651. The lowest BCUT2D eigenvalue weighted by Gasteiger charge is -2.07. The molecule has 88 valence electrons. The summed E-state index contributed by atoms with van der Waals surface area (Å²) in [4.78, 5) is 0. The van der Waals surface area contributed by atoms with Crippen LogP contribution in [0.2, 0.25) is 0 Å². The number of hydrogen-bond acceptors (Lipinski definition) is 1. The summed E-state index contributed by atoms with van der Waals surface area (Å²) >= 11 is 2.13. The van der Waals surface area contributed by atoms with Crippen LogP contribution >= 0.6 is 11.8 Å². The Bertz CT molecular complexity index is 275. The van der Waals surface area contributed by atoms with Gasteiger partial charge in [-0.2, -0.15) is 11.8 Å². The molecule has 0 heterocycles. The van der Waals surface area contributed by atoms with Gasteiger partial charge in [0.2, 0.25) is 0 Å². The number of hydrogen-bond donors (Lipinski definition) is 0. The summed E-state index contributed by atoms with van der Waals surface area (Å²) < 4.78 is 0. The predicted octanol–water partition coefficient (Wildman–Crippen LogP) is 4.54. The Morgan fingerprint density at radius 2 is 1.75 bits per heavy atom. The maximum Gasteiger partial charge on any atom is -0.00270 e. The standard InChI is InChI=1S/C15H22S/c1-2-6-14(7-3-1)10-12-16-13-11-15-8-4-5-9-15/h1-3,6-7,15H,4-5,8-13H2. The Hall–Kier alpha value is -0.430. The molecule has 1 fully saturated rings. The molecule has 0 spiro atoms. The second-order valence-electron chi connectivity index (χ2n) is 4.79. The van der Waals surface area contributed by atoms with E-state index in [1.54, 1.807) is 0 Å². The first-order chi connectivity index (χ1) is 7.95. The van der Waals surface area contributed by atoms with Gasteiger partial charge in [0, 0.05) is 0 Å². The zero-order chi connectivity index (χ0) is 11.1. The van der Waals surface area contributed by atoms with Crippen molar-refractivity contribution in [3.05, 3.63) is 35.9 Å². The molecule has 0 radical (unpaired) electrons. The van der Waals surface area contributed by atoms with Crippen molar-refractivity contribution in [3.8, 4) is 0 Å². The minimum atomic E-state index is 1.06. The molecule has 0 N–H and O–H groups in total. The molecule has 16 heavy (non-hydrogen) atoms. The van der Waals surface area contributed by atoms with Crippen molar-refractivity contribution in [2.45, 2.75) is 38.5 Å². The Morgan fingerprint density at radius 3 is 2.50 bits per heavy atom. The van der Waals surface area contributed by atoms with Gasteiger partial charge in [0.15, 0.2) is 0 Å². The van der Waals surface area contributed by atoms with Crippen molar-refractivity contribution in [2.75, 3.05) is 11.5 Å². The molecule has 0 atom stereocenters. The fourth-order valence-corrected chi connectivity index (χ4v) is 3.57. The third-order valence-corrected chi connectivity index (χ3v) is 4.54. The van der Waals surface area contributed by atoms with E-state index in [-0.39, 0.29) is 0 Å². The minimum Gasteiger partial charge on any atom is -0.162 e. The highest BCUT2D eigenvalue weighted by Crippen LogP contribution is 2.28. The average molecular weight is 234 g/mol. The topological polar surface area (TPSA) is 0 Å². The van der Waals surface area contributed by atoms with E-state index in [2.05, 4.69) is 42.1 Å². The van der Waals surface area contributed by atoms with Crippen molar-refractivity contribution in [1.29, 1.82) is 0 Å². The fraction of sp³-hybridized carbons (Fsp3) is 0.600. The Balaban J connectivity index is 1.52. The van der Waals surface area contributed by atoms with Gasteiger partial charge < -0.3 is 0 Å². The molecule has 1 saturated carbocycles. The van der Waals surface area contributed by atoms with E-state index in [0.717, 1.165) is 5.92 Å². The van der Waals surface area contributed by atoms with Gasteiger partial charge in [-0.15, -0.1) is 0 Å². The average Bonchev–Trinajstić information content (AvgIpc) is 2.83. The highest BCUT2D eigenvalue weighted by Gasteiger charge is 2.13. The molecule has 0 saturated heterocycles. The van der Waals surface area contributed by atoms with Crippen LogP contribution in [-0.2, 0) is 6.42 Å². The maximum absolute atomic E-state index is 2.23. The van der Waals surface area contributed by atoms with E-state index < -0.39 is 0 Å². The smallest absolute Gasteiger partial charge is 0.00270 e. The zero-order valence-electron chi connectivity index (χ0n) is 10.0. The number of thioether (sulfide) groups is 1. The second kappa shape index (κ2) is 7.01. The summed E-state index contributed by atoms with van der Waals surface area (Å²) in [5.41, 5.74) is 1.48. The van der Waals surface area contributed by atoms with Crippen LogP contribution in [0.15, 0.2) is 30.3 Å². The molecule has 0 bridgehead atoms. The van der Waals surface area contributed by atoms with E-state index in [1.807, 2.05) is 0 Å². The number of rotatable bonds is 6. The molecule has 0 unspecified atom stereocenters. The van der Waals surface area contributed by atoms with Gasteiger partial charge in [-0.25, -0.2) is 0 Å². The highest BCUT2D eigenvalue weighted by molar-refractivity contribution is 7.99. The first kappa shape index (κ1) is 12.0. The SMILES string of the molecule is c1ccc(CCSCCC2CCCC2)cc1. The maximum atomic E-state index is 2.23. The molecule has 0 amide bonds. The summed E-state index contributed by atoms with van der Waals surface area (Å²) in [6, 6.07) is 10.8. The summed E-state index contributed by atoms with van der Waals surface area (Å²) in [5, 5.41) is 0. The summed E-state index contributed by atoms with van der Waals surface area (Å²) in [5.74, 6) is 3.72. The van der Waals surface area contributed by atoms with Crippen molar-refractivity contribution >= 4 is 11.8 Å². The van der Waals surface area contributed by atoms with Crippen molar-refractivity contribution < 1.29 is 0 Å². The van der Waals surface area contributed by atoms with Gasteiger partial charge >= 0.3 is 0 Å². The van der Waals surface area contributed by atoms with Gasteiger partial charge in [0.1, 0.15) is 0 Å². The molecule has 0 nitrogen and oxygen atoms in total. The Kier molecular flexibility index (Phi) is 5.27. The predicted molar refractivity (Wildman–Crippen MR) is 74.0 cm³/mol. The first-order valence-corrected chi connectivity index (χ1v) is 7.72. The fourth-order valence-electron chi connectivity index (χ4n) is 2.49. The normalized spacial score (nSPS) is 16.8. The summed E-state index contributed by atoms with van der Waals surface area (Å²) in [7, 11) is 0. The Morgan fingerprint density at radius 1 is 1.00 bits per heavy atom. The largest absolute Gasteiger partial charge is 0.162 e. The van der Waals surface area contributed by atoms with E-state index in [9.17, 15) is 0 Å². The van der Waals surface area contributed by atoms with Crippen LogP contribution in [-0.4, -0.2) is 11.5 Å². The van der Waals surface area contributed by atoms with Gasteiger partial charge in [0.25, 0.3) is 0 Å². The third kappa shape index (κ3) is 4.21. The molecule has 1 heteroatoms. The molecule has 0 aromatic heterocycles. The molecule has 1 aromatic carbocycles. The molecule has 1 aromatic rings. The van der Waals surface area contributed by atoms with Gasteiger partial charge in [-0.1, -0.05) is 56.0 Å². The number of benzene rings is 1. The van der Waals surface area contributed by atoms with E-state index in [1.165, 1.54) is 55.6 Å². The highest BCUT2D eigenvalue weighted by atomic mass is 32.2. The third-order valence-electron chi connectivity index (χ3n) is 3.52. The Labute approximate surface area is 104 Å². The zero-order valence-corrected chi connectivity index (χ0v) is 10.8.